The van der Waals surface area contributed by atoms with Crippen molar-refractivity contribution in [2.24, 2.45) is 5.10 Å². The van der Waals surface area contributed by atoms with Gasteiger partial charge in [-0.1, -0.05) is 41.9 Å². The van der Waals surface area contributed by atoms with Crippen LogP contribution in [0.15, 0.2) is 53.6 Å². The molecule has 0 spiro atoms. The standard InChI is InChI=1S/C18H19ClN4O2.ClH/c19-18-7-2-1-5-16(18)14-21-8-10-22(11-9-21)20-13-15-4-3-6-17(12-15)23(24)25;/h1-7,12-13H,8-11,14H2;1H/b20-13-;. The molecule has 1 heterocycles. The first-order valence-corrected chi connectivity index (χ1v) is 8.49. The Balaban J connectivity index is 0.00000243. The number of piperazine rings is 1. The third-order valence-corrected chi connectivity index (χ3v) is 4.52. The number of halogens is 2. The van der Waals surface area contributed by atoms with Gasteiger partial charge in [0.05, 0.1) is 11.1 Å². The van der Waals surface area contributed by atoms with Gasteiger partial charge < -0.3 is 0 Å². The summed E-state index contributed by atoms with van der Waals surface area (Å²) >= 11 is 6.22. The van der Waals surface area contributed by atoms with E-state index in [-0.39, 0.29) is 18.1 Å². The van der Waals surface area contributed by atoms with Crippen molar-refractivity contribution >= 4 is 35.9 Å². The minimum absolute atomic E-state index is 0. The first-order valence-electron chi connectivity index (χ1n) is 8.11. The number of hydrazone groups is 1. The molecule has 0 unspecified atom stereocenters. The average Bonchev–Trinajstić information content (AvgIpc) is 2.63. The lowest BCUT2D eigenvalue weighted by Crippen LogP contribution is -2.43. The zero-order chi connectivity index (χ0) is 17.6. The van der Waals surface area contributed by atoms with Crippen molar-refractivity contribution in [3.05, 3.63) is 74.8 Å². The molecule has 1 fully saturated rings. The number of nitro benzene ring substituents is 1. The number of non-ortho nitro benzene ring substituents is 1. The van der Waals surface area contributed by atoms with Crippen molar-refractivity contribution in [3.63, 3.8) is 0 Å². The molecular weight excluding hydrogens is 375 g/mol. The normalized spacial score (nSPS) is 15.0. The highest BCUT2D eigenvalue weighted by atomic mass is 35.5. The fourth-order valence-corrected chi connectivity index (χ4v) is 2.94. The molecule has 0 atom stereocenters. The Kier molecular flexibility index (Phi) is 7.38. The second-order valence-corrected chi connectivity index (χ2v) is 6.33. The zero-order valence-electron chi connectivity index (χ0n) is 14.1. The van der Waals surface area contributed by atoms with Crippen molar-refractivity contribution in [2.45, 2.75) is 6.54 Å². The van der Waals surface area contributed by atoms with Crippen LogP contribution in [-0.4, -0.2) is 47.2 Å². The maximum Gasteiger partial charge on any atom is 0.270 e. The summed E-state index contributed by atoms with van der Waals surface area (Å²) < 4.78 is 0. The molecule has 0 aliphatic carbocycles. The lowest BCUT2D eigenvalue weighted by Gasteiger charge is -2.33. The molecule has 3 rings (SSSR count). The van der Waals surface area contributed by atoms with Crippen molar-refractivity contribution in [2.75, 3.05) is 26.2 Å². The summed E-state index contributed by atoms with van der Waals surface area (Å²) in [6, 6.07) is 14.4. The van der Waals surface area contributed by atoms with Gasteiger partial charge in [-0.3, -0.25) is 20.0 Å². The lowest BCUT2D eigenvalue weighted by atomic mass is 10.2. The Labute approximate surface area is 163 Å². The largest absolute Gasteiger partial charge is 0.295 e. The van der Waals surface area contributed by atoms with Gasteiger partial charge in [0.1, 0.15) is 0 Å². The fraction of sp³-hybridized carbons (Fsp3) is 0.278. The Hall–Kier alpha value is -2.15. The predicted octanol–water partition coefficient (Wildman–Crippen LogP) is 3.82. The van der Waals surface area contributed by atoms with Crippen molar-refractivity contribution in [1.29, 1.82) is 0 Å². The molecule has 6 nitrogen and oxygen atoms in total. The Bertz CT molecular complexity index is 777. The number of hydrogen-bond acceptors (Lipinski definition) is 5. The van der Waals surface area contributed by atoms with Gasteiger partial charge in [0.15, 0.2) is 0 Å². The summed E-state index contributed by atoms with van der Waals surface area (Å²) in [5.41, 5.74) is 1.94. The molecule has 1 aliphatic heterocycles. The molecule has 0 aromatic heterocycles. The smallest absolute Gasteiger partial charge is 0.270 e. The summed E-state index contributed by atoms with van der Waals surface area (Å²) in [7, 11) is 0. The van der Waals surface area contributed by atoms with Crippen LogP contribution in [0.25, 0.3) is 0 Å². The highest BCUT2D eigenvalue weighted by Crippen LogP contribution is 2.18. The molecule has 0 radical (unpaired) electrons. The van der Waals surface area contributed by atoms with E-state index in [0.717, 1.165) is 48.9 Å². The first kappa shape index (κ1) is 20.2. The Morgan fingerprint density at radius 2 is 1.85 bits per heavy atom. The minimum Gasteiger partial charge on any atom is -0.295 e. The molecule has 0 amide bonds. The molecule has 138 valence electrons. The van der Waals surface area contributed by atoms with Gasteiger partial charge in [-0.2, -0.15) is 5.10 Å². The summed E-state index contributed by atoms with van der Waals surface area (Å²) in [6.07, 6.45) is 1.68. The number of nitrogens with zero attached hydrogens (tertiary/aromatic N) is 4. The maximum absolute atomic E-state index is 10.8. The van der Waals surface area contributed by atoms with Crippen LogP contribution in [0.1, 0.15) is 11.1 Å². The van der Waals surface area contributed by atoms with Crippen molar-refractivity contribution < 1.29 is 4.92 Å². The van der Waals surface area contributed by atoms with E-state index >= 15 is 0 Å². The quantitative estimate of drug-likeness (QED) is 0.439. The van der Waals surface area contributed by atoms with Gasteiger partial charge >= 0.3 is 0 Å². The highest BCUT2D eigenvalue weighted by Gasteiger charge is 2.16. The fourth-order valence-electron chi connectivity index (χ4n) is 2.75. The van der Waals surface area contributed by atoms with E-state index in [1.54, 1.807) is 12.3 Å². The third-order valence-electron chi connectivity index (χ3n) is 4.15. The van der Waals surface area contributed by atoms with Crippen LogP contribution >= 0.6 is 24.0 Å². The predicted molar refractivity (Wildman–Crippen MR) is 106 cm³/mol. The van der Waals surface area contributed by atoms with E-state index in [1.165, 1.54) is 12.1 Å². The molecule has 1 aliphatic rings. The number of rotatable bonds is 5. The summed E-state index contributed by atoms with van der Waals surface area (Å²) in [5, 5.41) is 18.0. The van der Waals surface area contributed by atoms with E-state index in [4.69, 9.17) is 11.6 Å². The molecule has 2 aromatic carbocycles. The zero-order valence-corrected chi connectivity index (χ0v) is 15.7. The van der Waals surface area contributed by atoms with Gasteiger partial charge in [-0.15, -0.1) is 12.4 Å². The van der Waals surface area contributed by atoms with Crippen LogP contribution in [0.5, 0.6) is 0 Å². The van der Waals surface area contributed by atoms with Crippen LogP contribution in [0, 0.1) is 10.1 Å². The van der Waals surface area contributed by atoms with E-state index in [9.17, 15) is 10.1 Å². The van der Waals surface area contributed by atoms with E-state index in [2.05, 4.69) is 16.1 Å². The minimum atomic E-state index is -0.398. The lowest BCUT2D eigenvalue weighted by molar-refractivity contribution is -0.384. The van der Waals surface area contributed by atoms with Crippen LogP contribution in [-0.2, 0) is 6.54 Å². The number of nitro groups is 1. The molecule has 2 aromatic rings. The summed E-state index contributed by atoms with van der Waals surface area (Å²) in [6.45, 7) is 4.27. The topological polar surface area (TPSA) is 62.0 Å². The molecule has 0 saturated carbocycles. The van der Waals surface area contributed by atoms with E-state index in [0.29, 0.717) is 0 Å². The SMILES string of the molecule is Cl.O=[N+]([O-])c1cccc(/C=N\N2CCN(Cc3ccccc3Cl)CC2)c1. The average molecular weight is 395 g/mol. The maximum atomic E-state index is 10.8. The van der Waals surface area contributed by atoms with Crippen LogP contribution < -0.4 is 0 Å². The number of hydrogen-bond donors (Lipinski definition) is 0. The van der Waals surface area contributed by atoms with E-state index < -0.39 is 4.92 Å². The number of benzene rings is 2. The van der Waals surface area contributed by atoms with E-state index in [1.807, 2.05) is 29.3 Å². The van der Waals surface area contributed by atoms with Gasteiger partial charge in [-0.05, 0) is 11.6 Å². The van der Waals surface area contributed by atoms with Gasteiger partial charge in [0.2, 0.25) is 0 Å². The highest BCUT2D eigenvalue weighted by molar-refractivity contribution is 6.31. The van der Waals surface area contributed by atoms with Crippen LogP contribution in [0.3, 0.4) is 0 Å². The molecule has 0 N–H and O–H groups in total. The molecular formula is C18H20Cl2N4O2. The Morgan fingerprint density at radius 3 is 2.54 bits per heavy atom. The Morgan fingerprint density at radius 1 is 1.12 bits per heavy atom. The van der Waals surface area contributed by atoms with Crippen LogP contribution in [0.2, 0.25) is 5.02 Å². The van der Waals surface area contributed by atoms with Gasteiger partial charge in [0.25, 0.3) is 5.69 Å². The molecule has 0 bridgehead atoms. The van der Waals surface area contributed by atoms with Crippen molar-refractivity contribution in [1.82, 2.24) is 9.91 Å². The molecule has 26 heavy (non-hydrogen) atoms. The van der Waals surface area contributed by atoms with Crippen molar-refractivity contribution in [3.8, 4) is 0 Å². The van der Waals surface area contributed by atoms with Crippen LogP contribution in [0.4, 0.5) is 5.69 Å². The second kappa shape index (κ2) is 9.52. The first-order chi connectivity index (χ1) is 12.1. The van der Waals surface area contributed by atoms with Gasteiger partial charge in [0, 0.05) is 55.4 Å². The second-order valence-electron chi connectivity index (χ2n) is 5.92. The molecule has 8 heteroatoms. The third kappa shape index (κ3) is 5.42. The summed E-state index contributed by atoms with van der Waals surface area (Å²) in [5.74, 6) is 0. The molecule has 1 saturated heterocycles. The monoisotopic (exact) mass is 394 g/mol. The van der Waals surface area contributed by atoms with Gasteiger partial charge in [-0.25, -0.2) is 0 Å². The summed E-state index contributed by atoms with van der Waals surface area (Å²) in [4.78, 5) is 12.8.